The Kier molecular flexibility index (Phi) is 5.22. The zero-order chi connectivity index (χ0) is 18.6. The largest absolute Gasteiger partial charge is 0.466 e. The van der Waals surface area contributed by atoms with Crippen molar-refractivity contribution in [1.82, 2.24) is 15.1 Å². The first kappa shape index (κ1) is 17.8. The van der Waals surface area contributed by atoms with Crippen LogP contribution in [0.1, 0.15) is 18.9 Å². The van der Waals surface area contributed by atoms with E-state index in [0.717, 1.165) is 34.5 Å². The lowest BCUT2D eigenvalue weighted by Crippen LogP contribution is -2.46. The summed E-state index contributed by atoms with van der Waals surface area (Å²) in [5.41, 5.74) is 2.75. The molecule has 1 aliphatic heterocycles. The van der Waals surface area contributed by atoms with E-state index in [0.29, 0.717) is 32.8 Å². The molecular weight excluding hydrogens is 346 g/mol. The number of nitrogens with one attached hydrogen (secondary N) is 1. The molecule has 27 heavy (non-hydrogen) atoms. The molecule has 0 saturated carbocycles. The standard InChI is InChI=1S/C20H23N3O4/c1-2-26-19(24)10-16-13-25-8-7-23(16)12-15-11-21-22-20(15)18-9-14-5-3-4-6-17(14)27-18/h3-6,9,11,16H,2,7-8,10,12-13H2,1H3,(H,21,22)/t16-/m0/s1. The first-order valence-electron chi connectivity index (χ1n) is 9.23. The van der Waals surface area contributed by atoms with Crippen molar-refractivity contribution >= 4 is 16.9 Å². The Morgan fingerprint density at radius 2 is 2.30 bits per heavy atom. The zero-order valence-electron chi connectivity index (χ0n) is 15.3. The summed E-state index contributed by atoms with van der Waals surface area (Å²) < 4.78 is 16.7. The highest BCUT2D eigenvalue weighted by Crippen LogP contribution is 2.29. The lowest BCUT2D eigenvalue weighted by Gasteiger charge is -2.34. The molecule has 1 N–H and O–H groups in total. The Bertz CT molecular complexity index is 884. The lowest BCUT2D eigenvalue weighted by molar-refractivity contribution is -0.146. The molecule has 0 radical (unpaired) electrons. The van der Waals surface area contributed by atoms with Crippen LogP contribution >= 0.6 is 0 Å². The molecule has 1 saturated heterocycles. The number of aromatic amines is 1. The molecule has 7 heteroatoms. The number of nitrogens with zero attached hydrogens (tertiary/aromatic N) is 2. The molecule has 0 amide bonds. The van der Waals surface area contributed by atoms with E-state index in [1.807, 2.05) is 43.5 Å². The highest BCUT2D eigenvalue weighted by molar-refractivity contribution is 5.82. The Morgan fingerprint density at radius 3 is 3.15 bits per heavy atom. The summed E-state index contributed by atoms with van der Waals surface area (Å²) in [6, 6.07) is 9.93. The van der Waals surface area contributed by atoms with Gasteiger partial charge in [0.05, 0.1) is 32.4 Å². The molecule has 0 bridgehead atoms. The Morgan fingerprint density at radius 1 is 1.41 bits per heavy atom. The van der Waals surface area contributed by atoms with Gasteiger partial charge in [0.25, 0.3) is 0 Å². The van der Waals surface area contributed by atoms with Crippen molar-refractivity contribution in [3.63, 3.8) is 0 Å². The second-order valence-electron chi connectivity index (χ2n) is 6.63. The van der Waals surface area contributed by atoms with Gasteiger partial charge in [-0.2, -0.15) is 5.10 Å². The van der Waals surface area contributed by atoms with Gasteiger partial charge in [0, 0.05) is 30.1 Å². The van der Waals surface area contributed by atoms with Crippen molar-refractivity contribution < 1.29 is 18.7 Å². The summed E-state index contributed by atoms with van der Waals surface area (Å²) in [5, 5.41) is 8.33. The number of para-hydroxylation sites is 1. The highest BCUT2D eigenvalue weighted by atomic mass is 16.5. The number of hydrogen-bond donors (Lipinski definition) is 1. The van der Waals surface area contributed by atoms with Gasteiger partial charge in [-0.1, -0.05) is 18.2 Å². The van der Waals surface area contributed by atoms with Gasteiger partial charge >= 0.3 is 5.97 Å². The van der Waals surface area contributed by atoms with Crippen LogP contribution in [-0.4, -0.2) is 53.5 Å². The van der Waals surface area contributed by atoms with Crippen LogP contribution in [0.3, 0.4) is 0 Å². The molecule has 7 nitrogen and oxygen atoms in total. The van der Waals surface area contributed by atoms with Crippen LogP contribution < -0.4 is 0 Å². The summed E-state index contributed by atoms with van der Waals surface area (Å²) in [6.45, 7) is 4.81. The van der Waals surface area contributed by atoms with Crippen molar-refractivity contribution in [2.24, 2.45) is 0 Å². The average molecular weight is 369 g/mol. The van der Waals surface area contributed by atoms with Crippen LogP contribution in [0.5, 0.6) is 0 Å². The van der Waals surface area contributed by atoms with Gasteiger partial charge in [-0.15, -0.1) is 0 Å². The molecule has 1 aromatic carbocycles. The van der Waals surface area contributed by atoms with Crippen LogP contribution in [0.2, 0.25) is 0 Å². The van der Waals surface area contributed by atoms with Crippen molar-refractivity contribution in [1.29, 1.82) is 0 Å². The third-order valence-corrected chi connectivity index (χ3v) is 4.82. The van der Waals surface area contributed by atoms with E-state index in [4.69, 9.17) is 13.9 Å². The number of carbonyl (C=O) groups excluding carboxylic acids is 1. The van der Waals surface area contributed by atoms with E-state index in [9.17, 15) is 4.79 Å². The first-order valence-corrected chi connectivity index (χ1v) is 9.23. The summed E-state index contributed by atoms with van der Waals surface area (Å²) >= 11 is 0. The van der Waals surface area contributed by atoms with Crippen LogP contribution in [0, 0.1) is 0 Å². The maximum absolute atomic E-state index is 11.9. The van der Waals surface area contributed by atoms with E-state index >= 15 is 0 Å². The number of benzene rings is 1. The fraction of sp³-hybridized carbons (Fsp3) is 0.400. The van der Waals surface area contributed by atoms with Gasteiger partial charge in [-0.25, -0.2) is 0 Å². The number of aromatic nitrogens is 2. The van der Waals surface area contributed by atoms with Crippen molar-refractivity contribution in [3.05, 3.63) is 42.1 Å². The van der Waals surface area contributed by atoms with Crippen molar-refractivity contribution in [2.45, 2.75) is 25.9 Å². The normalized spacial score (nSPS) is 18.0. The Hall–Kier alpha value is -2.64. The molecule has 1 fully saturated rings. The third-order valence-electron chi connectivity index (χ3n) is 4.82. The molecular formula is C20H23N3O4. The minimum atomic E-state index is -0.192. The number of furan rings is 1. The Balaban J connectivity index is 1.53. The van der Waals surface area contributed by atoms with Gasteiger partial charge in [-0.05, 0) is 19.1 Å². The minimum Gasteiger partial charge on any atom is -0.466 e. The maximum Gasteiger partial charge on any atom is 0.307 e. The molecule has 1 aliphatic rings. The number of esters is 1. The molecule has 3 aromatic rings. The van der Waals surface area contributed by atoms with Gasteiger partial charge < -0.3 is 13.9 Å². The highest BCUT2D eigenvalue weighted by Gasteiger charge is 2.27. The van der Waals surface area contributed by atoms with E-state index in [1.54, 1.807) is 0 Å². The Labute approximate surface area is 157 Å². The summed E-state index contributed by atoms with van der Waals surface area (Å²) in [6.07, 6.45) is 2.14. The molecule has 0 unspecified atom stereocenters. The van der Waals surface area contributed by atoms with E-state index in [2.05, 4.69) is 15.1 Å². The molecule has 142 valence electrons. The average Bonchev–Trinajstić information content (AvgIpc) is 3.29. The molecule has 2 aromatic heterocycles. The fourth-order valence-electron chi connectivity index (χ4n) is 3.47. The summed E-state index contributed by atoms with van der Waals surface area (Å²) in [4.78, 5) is 14.2. The maximum atomic E-state index is 11.9. The smallest absolute Gasteiger partial charge is 0.307 e. The van der Waals surface area contributed by atoms with Gasteiger partial charge in [0.1, 0.15) is 11.3 Å². The number of morpholine rings is 1. The quantitative estimate of drug-likeness (QED) is 0.673. The molecule has 0 aliphatic carbocycles. The molecule has 3 heterocycles. The lowest BCUT2D eigenvalue weighted by atomic mass is 10.1. The predicted molar refractivity (Wildman–Crippen MR) is 100 cm³/mol. The number of hydrogen-bond acceptors (Lipinski definition) is 6. The second-order valence-corrected chi connectivity index (χ2v) is 6.63. The van der Waals surface area contributed by atoms with Gasteiger partial charge in [-0.3, -0.25) is 14.8 Å². The zero-order valence-corrected chi connectivity index (χ0v) is 15.3. The van der Waals surface area contributed by atoms with Crippen LogP contribution in [0.4, 0.5) is 0 Å². The van der Waals surface area contributed by atoms with E-state index in [1.165, 1.54) is 0 Å². The predicted octanol–water partition coefficient (Wildman–Crippen LogP) is 2.98. The van der Waals surface area contributed by atoms with Crippen LogP contribution in [0.25, 0.3) is 22.4 Å². The van der Waals surface area contributed by atoms with Gasteiger partial charge in [0.2, 0.25) is 0 Å². The fourth-order valence-corrected chi connectivity index (χ4v) is 3.47. The third kappa shape index (κ3) is 3.89. The van der Waals surface area contributed by atoms with Crippen LogP contribution in [0.15, 0.2) is 40.9 Å². The summed E-state index contributed by atoms with van der Waals surface area (Å²) in [5.74, 6) is 0.571. The minimum absolute atomic E-state index is 0.00350. The van der Waals surface area contributed by atoms with E-state index < -0.39 is 0 Å². The number of ether oxygens (including phenoxy) is 2. The number of carbonyl (C=O) groups is 1. The van der Waals surface area contributed by atoms with Gasteiger partial charge in [0.15, 0.2) is 5.76 Å². The topological polar surface area (TPSA) is 80.6 Å². The molecule has 1 atom stereocenters. The molecule has 0 spiro atoms. The van der Waals surface area contributed by atoms with Crippen LogP contribution in [-0.2, 0) is 20.8 Å². The van der Waals surface area contributed by atoms with Crippen molar-refractivity contribution in [3.8, 4) is 11.5 Å². The number of fused-ring (bicyclic) bond motifs is 1. The monoisotopic (exact) mass is 369 g/mol. The first-order chi connectivity index (χ1) is 13.2. The molecule has 4 rings (SSSR count). The summed E-state index contributed by atoms with van der Waals surface area (Å²) in [7, 11) is 0. The number of H-pyrrole nitrogens is 1. The van der Waals surface area contributed by atoms with E-state index in [-0.39, 0.29) is 12.0 Å². The SMILES string of the molecule is CCOC(=O)C[C@H]1COCCN1Cc1cn[nH]c1-c1cc2ccccc2o1. The van der Waals surface area contributed by atoms with Crippen molar-refractivity contribution in [2.75, 3.05) is 26.4 Å². The second kappa shape index (κ2) is 7.94. The number of rotatable bonds is 6.